The number of nitrogens with zero attached hydrogens (tertiary/aromatic N) is 1. The number of pyridine rings is 1. The van der Waals surface area contributed by atoms with Crippen LogP contribution in [0.5, 0.6) is 0 Å². The third-order valence-corrected chi connectivity index (χ3v) is 3.65. The molecule has 10 heteroatoms. The van der Waals surface area contributed by atoms with Crippen molar-refractivity contribution in [1.29, 1.82) is 0 Å². The summed E-state index contributed by atoms with van der Waals surface area (Å²) in [5, 5.41) is 4.89. The molecule has 2 aromatic rings. The summed E-state index contributed by atoms with van der Waals surface area (Å²) in [5.41, 5.74) is -0.364. The van der Waals surface area contributed by atoms with Gasteiger partial charge in [-0.1, -0.05) is 35.3 Å². The van der Waals surface area contributed by atoms with Gasteiger partial charge in [0.15, 0.2) is 5.15 Å². The lowest BCUT2D eigenvalue weighted by Crippen LogP contribution is -2.28. The smallest absolute Gasteiger partial charge is 0.352 e. The van der Waals surface area contributed by atoms with Gasteiger partial charge in [-0.15, -0.1) is 0 Å². The summed E-state index contributed by atoms with van der Waals surface area (Å²) < 4.78 is 37.9. The number of anilines is 1. The molecular weight excluding hydrogens is 394 g/mol. The van der Waals surface area contributed by atoms with Crippen molar-refractivity contribution in [2.45, 2.75) is 19.1 Å². The Morgan fingerprint density at radius 3 is 2.46 bits per heavy atom. The number of aromatic nitrogens is 1. The van der Waals surface area contributed by atoms with Crippen LogP contribution in [0.25, 0.3) is 0 Å². The molecule has 0 aliphatic carbocycles. The van der Waals surface area contributed by atoms with E-state index in [1.54, 1.807) is 0 Å². The monoisotopic (exact) mass is 405 g/mol. The number of hydrogen-bond donors (Lipinski definition) is 2. The van der Waals surface area contributed by atoms with Gasteiger partial charge in [0.05, 0.1) is 11.3 Å². The number of hydrogen-bond acceptors (Lipinski definition) is 3. The fourth-order valence-corrected chi connectivity index (χ4v) is 2.36. The van der Waals surface area contributed by atoms with Crippen molar-refractivity contribution in [2.75, 3.05) is 5.32 Å². The van der Waals surface area contributed by atoms with E-state index in [1.165, 1.54) is 24.3 Å². The lowest BCUT2D eigenvalue weighted by Gasteiger charge is -2.10. The molecule has 5 nitrogen and oxygen atoms in total. The standard InChI is InChI=1S/C16H12Cl2F3N3O2/c17-12-5-4-11(15(18)24-12)23-14(26)7-13(25)22-8-9-2-1-3-10(6-9)16(19,20)21/h1-6H,7-8H2,(H,22,25)(H,23,26). The van der Waals surface area contributed by atoms with Crippen molar-refractivity contribution in [3.05, 3.63) is 57.8 Å². The van der Waals surface area contributed by atoms with Crippen LogP contribution in [0.15, 0.2) is 36.4 Å². The molecule has 1 aromatic heterocycles. The van der Waals surface area contributed by atoms with Gasteiger partial charge >= 0.3 is 6.18 Å². The minimum atomic E-state index is -4.47. The normalized spacial score (nSPS) is 11.1. The SMILES string of the molecule is O=C(CC(=O)Nc1ccc(Cl)nc1Cl)NCc1cccc(C(F)(F)F)c1. The second-order valence-corrected chi connectivity index (χ2v) is 5.92. The first-order chi connectivity index (χ1) is 12.1. The molecule has 0 spiro atoms. The highest BCUT2D eigenvalue weighted by atomic mass is 35.5. The number of carbonyl (C=O) groups excluding carboxylic acids is 2. The summed E-state index contributed by atoms with van der Waals surface area (Å²) >= 11 is 11.4. The molecule has 0 atom stereocenters. The topological polar surface area (TPSA) is 71.1 Å². The van der Waals surface area contributed by atoms with Crippen molar-refractivity contribution in [1.82, 2.24) is 10.3 Å². The van der Waals surface area contributed by atoms with E-state index in [-0.39, 0.29) is 28.1 Å². The zero-order chi connectivity index (χ0) is 19.3. The zero-order valence-corrected chi connectivity index (χ0v) is 14.5. The fourth-order valence-electron chi connectivity index (χ4n) is 1.97. The van der Waals surface area contributed by atoms with Crippen LogP contribution in [-0.4, -0.2) is 16.8 Å². The molecule has 0 unspecified atom stereocenters. The average Bonchev–Trinajstić information content (AvgIpc) is 2.55. The quantitative estimate of drug-likeness (QED) is 0.582. The van der Waals surface area contributed by atoms with Gasteiger partial charge in [-0.25, -0.2) is 4.98 Å². The first-order valence-corrected chi connectivity index (χ1v) is 7.95. The van der Waals surface area contributed by atoms with Gasteiger partial charge in [0, 0.05) is 6.54 Å². The first kappa shape index (κ1) is 20.0. The van der Waals surface area contributed by atoms with E-state index in [2.05, 4.69) is 15.6 Å². The Morgan fingerprint density at radius 2 is 1.81 bits per heavy atom. The second kappa shape index (κ2) is 8.37. The van der Waals surface area contributed by atoms with Crippen molar-refractivity contribution >= 4 is 40.7 Å². The number of halogens is 5. The van der Waals surface area contributed by atoms with Crippen LogP contribution in [0.1, 0.15) is 17.5 Å². The van der Waals surface area contributed by atoms with Crippen molar-refractivity contribution in [3.8, 4) is 0 Å². The van der Waals surface area contributed by atoms with E-state index in [0.29, 0.717) is 0 Å². The van der Waals surface area contributed by atoms with Crippen LogP contribution in [0.4, 0.5) is 18.9 Å². The molecule has 1 heterocycles. The van der Waals surface area contributed by atoms with Gasteiger partial charge < -0.3 is 10.6 Å². The number of benzene rings is 1. The van der Waals surface area contributed by atoms with Crippen LogP contribution in [-0.2, 0) is 22.3 Å². The third-order valence-electron chi connectivity index (χ3n) is 3.15. The van der Waals surface area contributed by atoms with E-state index < -0.39 is 30.0 Å². The maximum Gasteiger partial charge on any atom is 0.416 e. The number of rotatable bonds is 5. The zero-order valence-electron chi connectivity index (χ0n) is 13.0. The Balaban J connectivity index is 1.88. The molecule has 2 amide bonds. The molecule has 0 radical (unpaired) electrons. The fraction of sp³-hybridized carbons (Fsp3) is 0.188. The van der Waals surface area contributed by atoms with E-state index >= 15 is 0 Å². The lowest BCUT2D eigenvalue weighted by atomic mass is 10.1. The molecule has 1 aromatic carbocycles. The minimum absolute atomic E-state index is 0.0322. The Kier molecular flexibility index (Phi) is 6.44. The molecule has 0 saturated carbocycles. The van der Waals surface area contributed by atoms with Gasteiger partial charge in [-0.2, -0.15) is 13.2 Å². The van der Waals surface area contributed by atoms with E-state index in [4.69, 9.17) is 23.2 Å². The second-order valence-electron chi connectivity index (χ2n) is 5.17. The van der Waals surface area contributed by atoms with Gasteiger partial charge in [0.1, 0.15) is 11.6 Å². The summed E-state index contributed by atoms with van der Waals surface area (Å²) in [6, 6.07) is 7.39. The number of nitrogens with one attached hydrogen (secondary N) is 2. The molecule has 0 aliphatic heterocycles. The molecule has 26 heavy (non-hydrogen) atoms. The molecular formula is C16H12Cl2F3N3O2. The van der Waals surface area contributed by atoms with E-state index in [9.17, 15) is 22.8 Å². The highest BCUT2D eigenvalue weighted by molar-refractivity contribution is 6.34. The van der Waals surface area contributed by atoms with Crippen LogP contribution >= 0.6 is 23.2 Å². The summed E-state index contributed by atoms with van der Waals surface area (Å²) in [7, 11) is 0. The highest BCUT2D eigenvalue weighted by Gasteiger charge is 2.30. The van der Waals surface area contributed by atoms with Gasteiger partial charge in [-0.05, 0) is 29.8 Å². The van der Waals surface area contributed by atoms with Crippen LogP contribution in [0, 0.1) is 0 Å². The van der Waals surface area contributed by atoms with Crippen LogP contribution in [0.3, 0.4) is 0 Å². The maximum atomic E-state index is 12.6. The van der Waals surface area contributed by atoms with Crippen molar-refractivity contribution in [2.24, 2.45) is 0 Å². The molecule has 2 rings (SSSR count). The Morgan fingerprint density at radius 1 is 1.08 bits per heavy atom. The summed E-state index contributed by atoms with van der Waals surface area (Å²) in [5.74, 6) is -1.31. The Labute approximate surface area is 156 Å². The molecule has 0 saturated heterocycles. The molecule has 0 fully saturated rings. The predicted octanol–water partition coefficient (Wildman–Crippen LogP) is 4.05. The van der Waals surface area contributed by atoms with Crippen molar-refractivity contribution < 1.29 is 22.8 Å². The number of amides is 2. The summed E-state index contributed by atoms with van der Waals surface area (Å²) in [6.07, 6.45) is -5.00. The summed E-state index contributed by atoms with van der Waals surface area (Å²) in [6.45, 7) is -0.140. The average molecular weight is 406 g/mol. The van der Waals surface area contributed by atoms with Crippen LogP contribution < -0.4 is 10.6 Å². The summed E-state index contributed by atoms with van der Waals surface area (Å²) in [4.78, 5) is 27.3. The highest BCUT2D eigenvalue weighted by Crippen LogP contribution is 2.29. The van der Waals surface area contributed by atoms with E-state index in [0.717, 1.165) is 12.1 Å². The third kappa shape index (κ3) is 5.89. The minimum Gasteiger partial charge on any atom is -0.352 e. The van der Waals surface area contributed by atoms with Crippen LogP contribution in [0.2, 0.25) is 10.3 Å². The number of alkyl halides is 3. The molecule has 0 bridgehead atoms. The van der Waals surface area contributed by atoms with Gasteiger partial charge in [0.2, 0.25) is 11.8 Å². The predicted molar refractivity (Wildman–Crippen MR) is 90.8 cm³/mol. The molecule has 0 aliphatic rings. The Hall–Kier alpha value is -2.32. The Bertz CT molecular complexity index is 829. The number of carbonyl (C=O) groups is 2. The maximum absolute atomic E-state index is 12.6. The van der Waals surface area contributed by atoms with Crippen molar-refractivity contribution in [3.63, 3.8) is 0 Å². The molecule has 2 N–H and O–H groups in total. The lowest BCUT2D eigenvalue weighted by molar-refractivity contribution is -0.137. The first-order valence-electron chi connectivity index (χ1n) is 7.20. The largest absolute Gasteiger partial charge is 0.416 e. The van der Waals surface area contributed by atoms with Gasteiger partial charge in [-0.3, -0.25) is 9.59 Å². The van der Waals surface area contributed by atoms with E-state index in [1.807, 2.05) is 0 Å². The van der Waals surface area contributed by atoms with Gasteiger partial charge in [0.25, 0.3) is 0 Å². The molecule has 138 valence electrons.